The Kier molecular flexibility index (Phi) is 3.98. The zero-order valence-corrected chi connectivity index (χ0v) is 13.3. The Morgan fingerprint density at radius 2 is 1.68 bits per heavy atom. The number of rotatable bonds is 3. The molecule has 0 amide bonds. The molecular weight excluding hydrogens is 313 g/mol. The van der Waals surface area contributed by atoms with Crippen LogP contribution in [0.25, 0.3) is 4.85 Å². The van der Waals surface area contributed by atoms with E-state index in [1.165, 1.54) is 0 Å². The molecule has 1 heterocycles. The molecule has 5 heteroatoms. The molecule has 0 radical (unpaired) electrons. The van der Waals surface area contributed by atoms with Gasteiger partial charge in [0.05, 0.1) is 12.7 Å². The minimum atomic E-state index is -0.938. The summed E-state index contributed by atoms with van der Waals surface area (Å²) in [6.45, 7) is 6.99. The van der Waals surface area contributed by atoms with Crippen LogP contribution in [0.3, 0.4) is 0 Å². The number of hydrogen-bond donors (Lipinski definition) is 1. The average Bonchev–Trinajstić information content (AvgIpc) is 2.99. The first-order valence-corrected chi connectivity index (χ1v) is 7.92. The topological polar surface area (TPSA) is 43.0 Å². The van der Waals surface area contributed by atoms with Gasteiger partial charge in [-0.25, -0.2) is 4.85 Å². The monoisotopic (exact) mass is 327 g/mol. The van der Waals surface area contributed by atoms with Crippen LogP contribution in [0.1, 0.15) is 17.2 Å². The Morgan fingerprint density at radius 3 is 2.40 bits per heavy atom. The van der Waals surface area contributed by atoms with E-state index in [1.54, 1.807) is 24.3 Å². The summed E-state index contributed by atoms with van der Waals surface area (Å²) in [4.78, 5) is 3.37. The molecule has 1 unspecified atom stereocenters. The summed E-state index contributed by atoms with van der Waals surface area (Å²) in [6, 6.07) is 22.3. The zero-order chi connectivity index (χ0) is 17.2. The largest absolute Gasteiger partial charge is 0.492 e. The van der Waals surface area contributed by atoms with Gasteiger partial charge >= 0.3 is 7.12 Å². The second-order valence-electron chi connectivity index (χ2n) is 5.78. The summed E-state index contributed by atoms with van der Waals surface area (Å²) < 4.78 is 11.6. The summed E-state index contributed by atoms with van der Waals surface area (Å²) >= 11 is 0. The van der Waals surface area contributed by atoms with E-state index in [2.05, 4.69) is 4.85 Å². The van der Waals surface area contributed by atoms with E-state index in [9.17, 15) is 5.02 Å². The number of hydrogen-bond acceptors (Lipinski definition) is 3. The van der Waals surface area contributed by atoms with E-state index >= 15 is 0 Å². The maximum atomic E-state index is 10.2. The molecule has 1 aliphatic heterocycles. The average molecular weight is 327 g/mol. The fourth-order valence-corrected chi connectivity index (χ4v) is 2.95. The van der Waals surface area contributed by atoms with Crippen molar-refractivity contribution in [3.05, 3.63) is 95.3 Å². The molecule has 0 saturated heterocycles. The Hall–Kier alpha value is -3.07. The van der Waals surface area contributed by atoms with Crippen molar-refractivity contribution in [2.45, 2.75) is 6.10 Å². The highest BCUT2D eigenvalue weighted by Crippen LogP contribution is 2.33. The Bertz CT molecular complexity index is 935. The number of nitrogens with zero attached hydrogens (tertiary/aromatic N) is 1. The number of fused-ring (bicyclic) bond motifs is 1. The van der Waals surface area contributed by atoms with Crippen molar-refractivity contribution < 1.29 is 14.4 Å². The van der Waals surface area contributed by atoms with Crippen LogP contribution >= 0.6 is 0 Å². The van der Waals surface area contributed by atoms with Gasteiger partial charge in [0.15, 0.2) is 5.69 Å². The van der Waals surface area contributed by atoms with Crippen LogP contribution in [0, 0.1) is 6.57 Å². The van der Waals surface area contributed by atoms with E-state index in [1.807, 2.05) is 48.5 Å². The molecule has 4 nitrogen and oxygen atoms in total. The van der Waals surface area contributed by atoms with Crippen molar-refractivity contribution in [2.75, 3.05) is 0 Å². The third-order valence-electron chi connectivity index (χ3n) is 4.18. The molecule has 0 saturated carbocycles. The summed E-state index contributed by atoms with van der Waals surface area (Å²) in [6.07, 6.45) is -0.320. The van der Waals surface area contributed by atoms with Gasteiger partial charge in [-0.15, -0.1) is 0 Å². The molecule has 3 aromatic carbocycles. The lowest BCUT2D eigenvalue weighted by molar-refractivity contribution is 0.226. The quantitative estimate of drug-likeness (QED) is 0.587. The minimum absolute atomic E-state index is 0.320. The van der Waals surface area contributed by atoms with Crippen molar-refractivity contribution >= 4 is 18.3 Å². The lowest BCUT2D eigenvalue weighted by atomic mass is 9.79. The van der Waals surface area contributed by atoms with Crippen LogP contribution in [0.4, 0.5) is 5.69 Å². The molecule has 1 N–H and O–H groups in total. The zero-order valence-electron chi connectivity index (χ0n) is 13.3. The highest BCUT2D eigenvalue weighted by atomic mass is 16.5. The molecule has 120 valence electrons. The van der Waals surface area contributed by atoms with E-state index in [0.29, 0.717) is 17.2 Å². The first-order valence-electron chi connectivity index (χ1n) is 7.92. The van der Waals surface area contributed by atoms with Crippen molar-refractivity contribution in [2.24, 2.45) is 0 Å². The van der Waals surface area contributed by atoms with Crippen LogP contribution in [0.2, 0.25) is 0 Å². The fourth-order valence-electron chi connectivity index (χ4n) is 2.95. The van der Waals surface area contributed by atoms with Crippen LogP contribution in [-0.2, 0) is 4.65 Å². The van der Waals surface area contributed by atoms with Crippen molar-refractivity contribution in [1.82, 2.24) is 0 Å². The summed E-state index contributed by atoms with van der Waals surface area (Å²) in [7, 11) is -0.938. The molecule has 0 spiro atoms. The molecule has 0 fully saturated rings. The highest BCUT2D eigenvalue weighted by molar-refractivity contribution is 6.61. The van der Waals surface area contributed by atoms with Gasteiger partial charge in [-0.1, -0.05) is 48.5 Å². The summed E-state index contributed by atoms with van der Waals surface area (Å²) in [5.41, 5.74) is 3.21. The Morgan fingerprint density at radius 1 is 0.960 bits per heavy atom. The third kappa shape index (κ3) is 3.01. The third-order valence-corrected chi connectivity index (χ3v) is 4.18. The van der Waals surface area contributed by atoms with Gasteiger partial charge in [0.25, 0.3) is 0 Å². The van der Waals surface area contributed by atoms with E-state index < -0.39 is 7.12 Å². The highest BCUT2D eigenvalue weighted by Gasteiger charge is 2.36. The SMILES string of the molecule is [C-]#[N+]c1ccc(Oc2ccc3c(c2)C(c2ccccc2)OB3O)cc1. The maximum absolute atomic E-state index is 10.2. The molecule has 0 aromatic heterocycles. The van der Waals surface area contributed by atoms with E-state index in [0.717, 1.165) is 16.6 Å². The van der Waals surface area contributed by atoms with Crippen molar-refractivity contribution in [1.29, 1.82) is 0 Å². The normalized spacial score (nSPS) is 15.5. The van der Waals surface area contributed by atoms with E-state index in [4.69, 9.17) is 16.0 Å². The van der Waals surface area contributed by atoms with Gasteiger partial charge in [-0.2, -0.15) is 0 Å². The molecule has 1 aliphatic rings. The maximum Gasteiger partial charge on any atom is 0.492 e. The Labute approximate surface area is 146 Å². The van der Waals surface area contributed by atoms with Gasteiger partial charge in [0.1, 0.15) is 11.5 Å². The predicted octanol–water partition coefficient (Wildman–Crippen LogP) is 3.84. The van der Waals surface area contributed by atoms with Crippen LogP contribution in [-0.4, -0.2) is 12.1 Å². The first-order chi connectivity index (χ1) is 12.2. The molecule has 4 rings (SSSR count). The van der Waals surface area contributed by atoms with Crippen LogP contribution in [0.5, 0.6) is 11.5 Å². The molecule has 0 aliphatic carbocycles. The van der Waals surface area contributed by atoms with Crippen LogP contribution < -0.4 is 10.2 Å². The number of ether oxygens (including phenoxy) is 1. The molecule has 25 heavy (non-hydrogen) atoms. The summed E-state index contributed by atoms with van der Waals surface area (Å²) in [5, 5.41) is 10.2. The second-order valence-corrected chi connectivity index (χ2v) is 5.78. The molecule has 1 atom stereocenters. The smallest absolute Gasteiger partial charge is 0.457 e. The van der Waals surface area contributed by atoms with Gasteiger partial charge in [-0.05, 0) is 40.9 Å². The van der Waals surface area contributed by atoms with Gasteiger partial charge < -0.3 is 14.4 Å². The summed E-state index contributed by atoms with van der Waals surface area (Å²) in [5.74, 6) is 1.32. The molecule has 3 aromatic rings. The minimum Gasteiger partial charge on any atom is -0.457 e. The standard InChI is InChI=1S/C20H14BNO3/c1-22-15-7-9-16(10-8-15)24-17-11-12-19-18(13-17)20(25-21(19)23)14-5-3-2-4-6-14/h2-13,20,23H. The van der Waals surface area contributed by atoms with Crippen LogP contribution in [0.15, 0.2) is 72.8 Å². The van der Waals surface area contributed by atoms with Crippen molar-refractivity contribution in [3.8, 4) is 11.5 Å². The first kappa shape index (κ1) is 15.5. The fraction of sp³-hybridized carbons (Fsp3) is 0.0500. The van der Waals surface area contributed by atoms with E-state index in [-0.39, 0.29) is 6.10 Å². The lowest BCUT2D eigenvalue weighted by Gasteiger charge is -2.14. The van der Waals surface area contributed by atoms with Gasteiger partial charge in [0.2, 0.25) is 0 Å². The van der Waals surface area contributed by atoms with Crippen molar-refractivity contribution in [3.63, 3.8) is 0 Å². The molecule has 0 bridgehead atoms. The molecular formula is C20H14BNO3. The second kappa shape index (κ2) is 6.44. The Balaban J connectivity index is 1.65. The van der Waals surface area contributed by atoms with Gasteiger partial charge in [-0.3, -0.25) is 0 Å². The number of benzene rings is 3. The predicted molar refractivity (Wildman–Crippen MR) is 96.2 cm³/mol. The van der Waals surface area contributed by atoms with Gasteiger partial charge in [0, 0.05) is 0 Å². The lowest BCUT2D eigenvalue weighted by Crippen LogP contribution is -2.27.